The lowest BCUT2D eigenvalue weighted by atomic mass is 9.72. The molecule has 1 fully saturated rings. The lowest BCUT2D eigenvalue weighted by Gasteiger charge is -2.42. The third-order valence-electron chi connectivity index (χ3n) is 7.50. The first-order valence-electron chi connectivity index (χ1n) is 11.7. The van der Waals surface area contributed by atoms with Crippen molar-refractivity contribution >= 4 is 29.8 Å². The van der Waals surface area contributed by atoms with Crippen molar-refractivity contribution in [3.63, 3.8) is 0 Å². The molecule has 5 rings (SSSR count). The summed E-state index contributed by atoms with van der Waals surface area (Å²) in [6, 6.07) is 5.40. The number of ether oxygens (including phenoxy) is 2. The molecule has 2 aromatic rings. The number of halogens is 1. The maximum Gasteiger partial charge on any atom is 0.198 e. The molecule has 3 aliphatic rings. The van der Waals surface area contributed by atoms with Crippen molar-refractivity contribution in [3.05, 3.63) is 57.6 Å². The van der Waals surface area contributed by atoms with E-state index in [1.54, 1.807) is 19.1 Å². The SMILES string of the molecule is CC(=O)[C@@]1(O)Cc2c(O)c3c(c(O)c2[C@@H](O[C@H]2C[C@H](N)[C@H](O)[C@H](C)O2)C1)C(=O)c1ccccc1C3=O.Cl. The molecule has 198 valence electrons. The van der Waals surface area contributed by atoms with E-state index in [9.17, 15) is 34.8 Å². The van der Waals surface area contributed by atoms with Gasteiger partial charge in [-0.05, 0) is 13.8 Å². The third kappa shape index (κ3) is 4.14. The van der Waals surface area contributed by atoms with Crippen LogP contribution in [0, 0.1) is 0 Å². The summed E-state index contributed by atoms with van der Waals surface area (Å²) in [6.45, 7) is 2.80. The Labute approximate surface area is 218 Å². The Morgan fingerprint density at radius 2 is 1.68 bits per heavy atom. The zero-order chi connectivity index (χ0) is 26.1. The smallest absolute Gasteiger partial charge is 0.198 e. The van der Waals surface area contributed by atoms with Crippen LogP contribution in [0.4, 0.5) is 0 Å². The number of hydrogen-bond acceptors (Lipinski definition) is 10. The molecule has 0 saturated carbocycles. The highest BCUT2D eigenvalue weighted by Crippen LogP contribution is 2.51. The van der Waals surface area contributed by atoms with Crippen molar-refractivity contribution in [2.24, 2.45) is 5.73 Å². The number of Topliss-reactive ketones (excluding diaryl/α,β-unsaturated/α-hetero) is 1. The Balaban J connectivity index is 0.00000320. The van der Waals surface area contributed by atoms with E-state index in [2.05, 4.69) is 0 Å². The van der Waals surface area contributed by atoms with Gasteiger partial charge in [0.1, 0.15) is 17.1 Å². The lowest BCUT2D eigenvalue weighted by molar-refractivity contribution is -0.247. The summed E-state index contributed by atoms with van der Waals surface area (Å²) in [7, 11) is 0. The number of phenolic OH excluding ortho intramolecular Hbond substituents is 2. The monoisotopic (exact) mass is 533 g/mol. The number of phenols is 2. The number of rotatable bonds is 3. The van der Waals surface area contributed by atoms with Crippen molar-refractivity contribution in [1.29, 1.82) is 0 Å². The van der Waals surface area contributed by atoms with Crippen molar-refractivity contribution < 1.29 is 44.3 Å². The zero-order valence-electron chi connectivity index (χ0n) is 20.1. The highest BCUT2D eigenvalue weighted by Gasteiger charge is 2.49. The topological polar surface area (TPSA) is 177 Å². The second kappa shape index (κ2) is 9.46. The van der Waals surface area contributed by atoms with Gasteiger partial charge in [0.05, 0.1) is 29.4 Å². The summed E-state index contributed by atoms with van der Waals surface area (Å²) in [4.78, 5) is 39.0. The van der Waals surface area contributed by atoms with Gasteiger partial charge in [-0.15, -0.1) is 12.4 Å². The summed E-state index contributed by atoms with van der Waals surface area (Å²) in [5, 5.41) is 43.8. The largest absolute Gasteiger partial charge is 0.507 e. The highest BCUT2D eigenvalue weighted by molar-refractivity contribution is 6.30. The normalized spacial score (nSPS) is 30.6. The van der Waals surface area contributed by atoms with Gasteiger partial charge in [0.25, 0.3) is 0 Å². The lowest BCUT2D eigenvalue weighted by Crippen LogP contribution is -2.52. The van der Waals surface area contributed by atoms with Crippen LogP contribution in [0.3, 0.4) is 0 Å². The Morgan fingerprint density at radius 3 is 2.22 bits per heavy atom. The summed E-state index contributed by atoms with van der Waals surface area (Å²) in [5.74, 6) is -3.06. The van der Waals surface area contributed by atoms with E-state index in [4.69, 9.17) is 15.2 Å². The summed E-state index contributed by atoms with van der Waals surface area (Å²) in [6.07, 6.45) is -4.38. The molecule has 11 heteroatoms. The molecule has 6 N–H and O–H groups in total. The van der Waals surface area contributed by atoms with Crippen molar-refractivity contribution in [3.8, 4) is 11.5 Å². The van der Waals surface area contributed by atoms with Crippen LogP contribution < -0.4 is 5.73 Å². The number of hydrogen-bond donors (Lipinski definition) is 5. The number of aliphatic hydroxyl groups is 2. The van der Waals surface area contributed by atoms with Gasteiger partial charge in [-0.1, -0.05) is 24.3 Å². The third-order valence-corrected chi connectivity index (χ3v) is 7.50. The van der Waals surface area contributed by atoms with E-state index in [-0.39, 0.29) is 58.6 Å². The number of nitrogens with two attached hydrogens (primary N) is 1. The molecule has 37 heavy (non-hydrogen) atoms. The van der Waals surface area contributed by atoms with Crippen molar-refractivity contribution in [2.75, 3.05) is 0 Å². The average Bonchev–Trinajstić information content (AvgIpc) is 2.82. The minimum absolute atomic E-state index is 0. The van der Waals surface area contributed by atoms with Gasteiger partial charge in [0, 0.05) is 47.6 Å². The fourth-order valence-electron chi connectivity index (χ4n) is 5.42. The van der Waals surface area contributed by atoms with Crippen LogP contribution in [0.15, 0.2) is 24.3 Å². The first-order chi connectivity index (χ1) is 16.9. The molecule has 0 spiro atoms. The molecule has 0 aromatic heterocycles. The number of carbonyl (C=O) groups is 3. The Morgan fingerprint density at radius 1 is 1.11 bits per heavy atom. The number of aliphatic hydroxyl groups excluding tert-OH is 1. The molecule has 0 radical (unpaired) electrons. The Kier molecular flexibility index (Phi) is 6.95. The summed E-state index contributed by atoms with van der Waals surface area (Å²) >= 11 is 0. The zero-order valence-corrected chi connectivity index (χ0v) is 20.9. The fraction of sp³-hybridized carbons (Fsp3) is 0.423. The number of carbonyl (C=O) groups excluding carboxylic acids is 3. The maximum absolute atomic E-state index is 13.3. The van der Waals surface area contributed by atoms with Gasteiger partial charge in [0.15, 0.2) is 23.6 Å². The number of aromatic hydroxyl groups is 2. The van der Waals surface area contributed by atoms with Gasteiger partial charge >= 0.3 is 0 Å². The second-order valence-corrected chi connectivity index (χ2v) is 9.80. The van der Waals surface area contributed by atoms with E-state index in [0.29, 0.717) is 0 Å². The molecule has 2 aliphatic carbocycles. The molecular weight excluding hydrogens is 506 g/mol. The molecule has 1 aliphatic heterocycles. The first kappa shape index (κ1) is 27.2. The molecule has 1 saturated heterocycles. The second-order valence-electron chi connectivity index (χ2n) is 9.80. The molecule has 10 nitrogen and oxygen atoms in total. The molecule has 2 aromatic carbocycles. The fourth-order valence-corrected chi connectivity index (χ4v) is 5.42. The van der Waals surface area contributed by atoms with Crippen molar-refractivity contribution in [1.82, 2.24) is 0 Å². The molecule has 0 amide bonds. The van der Waals surface area contributed by atoms with Gasteiger partial charge < -0.3 is 35.6 Å². The number of fused-ring (bicyclic) bond motifs is 3. The quantitative estimate of drug-likeness (QED) is 0.309. The van der Waals surface area contributed by atoms with E-state index >= 15 is 0 Å². The van der Waals surface area contributed by atoms with Gasteiger partial charge in [-0.2, -0.15) is 0 Å². The number of benzene rings is 2. The standard InChI is InChI=1S/C26H27NO9.ClH/c1-10-21(29)15(27)7-17(35-10)36-16-9-26(34,11(2)28)8-14-18(16)25(33)20-19(24(14)32)22(30)12-5-3-4-6-13(12)23(20)31;/h3-6,10,15-17,21,29,32-34H,7-9,27H2,1-2H3;1H/t10-,15-,16-,17-,21+,26+;/m0./s1. The maximum atomic E-state index is 13.3. The Hall–Kier alpha value is -2.86. The minimum atomic E-state index is -1.97. The predicted molar refractivity (Wildman–Crippen MR) is 131 cm³/mol. The predicted octanol–water partition coefficient (Wildman–Crippen LogP) is 1.44. The molecule has 1 heterocycles. The molecule has 6 atom stereocenters. The van der Waals surface area contributed by atoms with Crippen LogP contribution in [0.2, 0.25) is 0 Å². The van der Waals surface area contributed by atoms with Gasteiger partial charge in [-0.25, -0.2) is 0 Å². The van der Waals surface area contributed by atoms with Crippen LogP contribution >= 0.6 is 12.4 Å². The summed E-state index contributed by atoms with van der Waals surface area (Å²) < 4.78 is 11.8. The van der Waals surface area contributed by atoms with E-state index in [1.165, 1.54) is 19.1 Å². The van der Waals surface area contributed by atoms with E-state index in [1.807, 2.05) is 0 Å². The van der Waals surface area contributed by atoms with E-state index < -0.39 is 71.5 Å². The molecule has 0 bridgehead atoms. The van der Waals surface area contributed by atoms with Crippen molar-refractivity contribution in [2.45, 2.75) is 69.4 Å². The Bertz CT molecular complexity index is 1300. The summed E-state index contributed by atoms with van der Waals surface area (Å²) in [5.41, 5.74) is 3.38. The highest BCUT2D eigenvalue weighted by atomic mass is 35.5. The molecular formula is C26H28ClNO9. The van der Waals surface area contributed by atoms with E-state index in [0.717, 1.165) is 0 Å². The molecule has 0 unspecified atom stereocenters. The number of ketones is 3. The van der Waals surface area contributed by atoms with Crippen LogP contribution in [-0.2, 0) is 20.7 Å². The average molecular weight is 534 g/mol. The van der Waals surface area contributed by atoms with Crippen LogP contribution in [0.1, 0.15) is 75.8 Å². The van der Waals surface area contributed by atoms with Crippen LogP contribution in [0.25, 0.3) is 0 Å². The van der Waals surface area contributed by atoms with Crippen LogP contribution in [0.5, 0.6) is 11.5 Å². The van der Waals surface area contributed by atoms with Gasteiger partial charge in [-0.3, -0.25) is 14.4 Å². The van der Waals surface area contributed by atoms with Crippen LogP contribution in [-0.4, -0.2) is 67.9 Å². The first-order valence-corrected chi connectivity index (χ1v) is 11.7. The van der Waals surface area contributed by atoms with Gasteiger partial charge in [0.2, 0.25) is 0 Å². The minimum Gasteiger partial charge on any atom is -0.507 e.